The smallest absolute Gasteiger partial charge is 0.242 e. The molecular formula is C30H34Cl2N2O2. The highest BCUT2D eigenvalue weighted by atomic mass is 35.5. The highest BCUT2D eigenvalue weighted by Gasteiger charge is 2.31. The van der Waals surface area contributed by atoms with E-state index in [9.17, 15) is 9.59 Å². The normalized spacial score (nSPS) is 11.8. The zero-order valence-electron chi connectivity index (χ0n) is 20.9. The van der Waals surface area contributed by atoms with Crippen LogP contribution in [0.15, 0.2) is 78.9 Å². The Morgan fingerprint density at radius 2 is 1.39 bits per heavy atom. The Morgan fingerprint density at radius 1 is 0.833 bits per heavy atom. The predicted octanol–water partition coefficient (Wildman–Crippen LogP) is 7.24. The molecule has 0 saturated heterocycles. The first kappa shape index (κ1) is 27.8. The zero-order chi connectivity index (χ0) is 25.9. The lowest BCUT2D eigenvalue weighted by molar-refractivity contribution is -0.141. The molecule has 0 aliphatic rings. The van der Waals surface area contributed by atoms with E-state index in [2.05, 4.69) is 12.2 Å². The van der Waals surface area contributed by atoms with Crippen LogP contribution in [0.2, 0.25) is 10.0 Å². The first-order chi connectivity index (χ1) is 17.5. The summed E-state index contributed by atoms with van der Waals surface area (Å²) in [6, 6.07) is 24.6. The largest absolute Gasteiger partial charge is 0.354 e. The van der Waals surface area contributed by atoms with Gasteiger partial charge >= 0.3 is 0 Å². The van der Waals surface area contributed by atoms with E-state index in [1.807, 2.05) is 67.6 Å². The summed E-state index contributed by atoms with van der Waals surface area (Å²) in [6.07, 6.45) is 2.56. The molecule has 190 valence electrons. The molecule has 1 atom stereocenters. The van der Waals surface area contributed by atoms with E-state index in [1.54, 1.807) is 23.1 Å². The van der Waals surface area contributed by atoms with Crippen molar-refractivity contribution in [1.82, 2.24) is 10.2 Å². The van der Waals surface area contributed by atoms with Gasteiger partial charge in [0.25, 0.3) is 0 Å². The number of nitrogens with one attached hydrogen (secondary N) is 1. The fourth-order valence-electron chi connectivity index (χ4n) is 4.37. The average molecular weight is 526 g/mol. The van der Waals surface area contributed by atoms with Crippen LogP contribution in [0, 0.1) is 0 Å². The van der Waals surface area contributed by atoms with Gasteiger partial charge in [-0.3, -0.25) is 9.59 Å². The monoisotopic (exact) mass is 524 g/mol. The van der Waals surface area contributed by atoms with Crippen molar-refractivity contribution in [2.24, 2.45) is 0 Å². The van der Waals surface area contributed by atoms with Gasteiger partial charge in [-0.25, -0.2) is 0 Å². The van der Waals surface area contributed by atoms with Crippen LogP contribution in [0.4, 0.5) is 0 Å². The molecular weight excluding hydrogens is 491 g/mol. The van der Waals surface area contributed by atoms with Gasteiger partial charge in [-0.2, -0.15) is 0 Å². The molecule has 4 nitrogen and oxygen atoms in total. The fraction of sp³-hybridized carbons (Fsp3) is 0.333. The Kier molecular flexibility index (Phi) is 10.8. The zero-order valence-corrected chi connectivity index (χ0v) is 22.4. The number of carbonyl (C=O) groups excluding carboxylic acids is 2. The van der Waals surface area contributed by atoms with Crippen LogP contribution in [0.3, 0.4) is 0 Å². The molecule has 0 fully saturated rings. The number of benzene rings is 3. The van der Waals surface area contributed by atoms with Crippen molar-refractivity contribution < 1.29 is 9.59 Å². The van der Waals surface area contributed by atoms with Crippen LogP contribution in [-0.4, -0.2) is 29.3 Å². The van der Waals surface area contributed by atoms with E-state index in [0.717, 1.165) is 24.0 Å². The van der Waals surface area contributed by atoms with Gasteiger partial charge in [0, 0.05) is 41.0 Å². The fourth-order valence-corrected chi connectivity index (χ4v) is 4.89. The number of unbranched alkanes of at least 4 members (excludes halogenated alkanes) is 1. The number of hydrogen-bond donors (Lipinski definition) is 1. The quantitative estimate of drug-likeness (QED) is 0.254. The minimum absolute atomic E-state index is 0.124. The number of carbonyl (C=O) groups is 2. The summed E-state index contributed by atoms with van der Waals surface area (Å²) in [7, 11) is 0. The summed E-state index contributed by atoms with van der Waals surface area (Å²) in [4.78, 5) is 28.9. The average Bonchev–Trinajstić information content (AvgIpc) is 2.90. The Hall–Kier alpha value is -2.82. The lowest BCUT2D eigenvalue weighted by Crippen LogP contribution is -2.49. The Morgan fingerprint density at radius 3 is 1.89 bits per heavy atom. The Labute approximate surface area is 224 Å². The van der Waals surface area contributed by atoms with Crippen molar-refractivity contribution in [1.29, 1.82) is 0 Å². The van der Waals surface area contributed by atoms with Gasteiger partial charge in [-0.05, 0) is 36.1 Å². The molecule has 3 aromatic carbocycles. The SMILES string of the molecule is CCCCNC(=O)[C@H](CC)N(Cc1c(Cl)cccc1Cl)C(=O)CC(c1ccccc1)c1ccccc1. The van der Waals surface area contributed by atoms with Gasteiger partial charge < -0.3 is 10.2 Å². The van der Waals surface area contributed by atoms with Crippen LogP contribution in [0.5, 0.6) is 0 Å². The first-order valence-electron chi connectivity index (χ1n) is 12.6. The molecule has 1 N–H and O–H groups in total. The molecule has 0 saturated carbocycles. The van der Waals surface area contributed by atoms with Crippen LogP contribution in [0.1, 0.15) is 62.1 Å². The molecule has 0 radical (unpaired) electrons. The number of amides is 2. The maximum absolute atomic E-state index is 14.0. The topological polar surface area (TPSA) is 49.4 Å². The number of nitrogens with zero attached hydrogens (tertiary/aromatic N) is 1. The lowest BCUT2D eigenvalue weighted by atomic mass is 9.88. The first-order valence-corrected chi connectivity index (χ1v) is 13.3. The second-order valence-corrected chi connectivity index (χ2v) is 9.68. The molecule has 0 bridgehead atoms. The number of halogens is 2. The Bertz CT molecular complexity index is 1060. The minimum atomic E-state index is -0.631. The predicted molar refractivity (Wildman–Crippen MR) is 148 cm³/mol. The maximum atomic E-state index is 14.0. The standard InChI is InChI=1S/C30H34Cl2N2O2/c1-3-5-19-33-30(36)28(4-2)34(21-25-26(31)17-12-18-27(25)32)29(35)20-24(22-13-8-6-9-14-22)23-15-10-7-11-16-23/h6-18,24,28H,3-5,19-21H2,1-2H3,(H,33,36)/t28-/m0/s1. The van der Waals surface area contributed by atoms with E-state index in [1.165, 1.54) is 0 Å². The van der Waals surface area contributed by atoms with Crippen molar-refractivity contribution in [3.05, 3.63) is 106 Å². The molecule has 36 heavy (non-hydrogen) atoms. The molecule has 6 heteroatoms. The van der Waals surface area contributed by atoms with Crippen molar-refractivity contribution >= 4 is 35.0 Å². The molecule has 0 aliphatic heterocycles. The third kappa shape index (κ3) is 7.35. The summed E-state index contributed by atoms with van der Waals surface area (Å²) >= 11 is 13.0. The van der Waals surface area contributed by atoms with Crippen molar-refractivity contribution in [3.8, 4) is 0 Å². The highest BCUT2D eigenvalue weighted by molar-refractivity contribution is 6.36. The summed E-state index contributed by atoms with van der Waals surface area (Å²) in [5.41, 5.74) is 2.74. The third-order valence-electron chi connectivity index (χ3n) is 6.39. The number of hydrogen-bond acceptors (Lipinski definition) is 2. The molecule has 0 spiro atoms. The molecule has 2 amide bonds. The van der Waals surface area contributed by atoms with Gasteiger partial charge in [0.2, 0.25) is 11.8 Å². The lowest BCUT2D eigenvalue weighted by Gasteiger charge is -2.32. The molecule has 3 aromatic rings. The molecule has 0 heterocycles. The maximum Gasteiger partial charge on any atom is 0.242 e. The van der Waals surface area contributed by atoms with E-state index < -0.39 is 6.04 Å². The second-order valence-electron chi connectivity index (χ2n) is 8.87. The third-order valence-corrected chi connectivity index (χ3v) is 7.10. The van der Waals surface area contributed by atoms with Gasteiger partial charge in [0.1, 0.15) is 6.04 Å². The second kappa shape index (κ2) is 14.1. The molecule has 3 rings (SSSR count). The highest BCUT2D eigenvalue weighted by Crippen LogP contribution is 2.31. The van der Waals surface area contributed by atoms with Crippen LogP contribution in [0.25, 0.3) is 0 Å². The minimum Gasteiger partial charge on any atom is -0.354 e. The molecule has 0 unspecified atom stereocenters. The van der Waals surface area contributed by atoms with Crippen LogP contribution in [-0.2, 0) is 16.1 Å². The van der Waals surface area contributed by atoms with E-state index >= 15 is 0 Å². The van der Waals surface area contributed by atoms with Crippen molar-refractivity contribution in [3.63, 3.8) is 0 Å². The van der Waals surface area contributed by atoms with Gasteiger partial charge in [-0.1, -0.05) is 110 Å². The van der Waals surface area contributed by atoms with Crippen LogP contribution < -0.4 is 5.32 Å². The Balaban J connectivity index is 1.96. The van der Waals surface area contributed by atoms with E-state index in [-0.39, 0.29) is 30.7 Å². The van der Waals surface area contributed by atoms with Gasteiger partial charge in [0.05, 0.1) is 0 Å². The van der Waals surface area contributed by atoms with Gasteiger partial charge in [-0.15, -0.1) is 0 Å². The van der Waals surface area contributed by atoms with Gasteiger partial charge in [0.15, 0.2) is 0 Å². The summed E-state index contributed by atoms with van der Waals surface area (Å²) in [6.45, 7) is 4.74. The number of rotatable bonds is 12. The van der Waals surface area contributed by atoms with E-state index in [0.29, 0.717) is 28.6 Å². The van der Waals surface area contributed by atoms with Crippen molar-refractivity contribution in [2.75, 3.05) is 6.54 Å². The summed E-state index contributed by atoms with van der Waals surface area (Å²) < 4.78 is 0. The molecule has 0 aliphatic carbocycles. The van der Waals surface area contributed by atoms with E-state index in [4.69, 9.17) is 23.2 Å². The van der Waals surface area contributed by atoms with Crippen LogP contribution >= 0.6 is 23.2 Å². The van der Waals surface area contributed by atoms with Crippen molar-refractivity contribution in [2.45, 2.75) is 58.0 Å². The molecule has 0 aromatic heterocycles. The summed E-state index contributed by atoms with van der Waals surface area (Å²) in [5.74, 6) is -0.426. The summed E-state index contributed by atoms with van der Waals surface area (Å²) in [5, 5.41) is 3.96.